The Morgan fingerprint density at radius 1 is 1.20 bits per heavy atom. The lowest BCUT2D eigenvalue weighted by Crippen LogP contribution is -2.33. The third-order valence-corrected chi connectivity index (χ3v) is 4.65. The van der Waals surface area contributed by atoms with Crippen LogP contribution in [0, 0.1) is 0 Å². The summed E-state index contributed by atoms with van der Waals surface area (Å²) in [6.07, 6.45) is 1.25. The zero-order valence-corrected chi connectivity index (χ0v) is 13.9. The van der Waals surface area contributed by atoms with Crippen molar-refractivity contribution in [1.82, 2.24) is 10.2 Å². The second-order valence-corrected chi connectivity index (χ2v) is 7.48. The fourth-order valence-corrected chi connectivity index (χ4v) is 3.04. The van der Waals surface area contributed by atoms with E-state index < -0.39 is 0 Å². The van der Waals surface area contributed by atoms with Crippen molar-refractivity contribution in [3.63, 3.8) is 0 Å². The van der Waals surface area contributed by atoms with Crippen molar-refractivity contribution < 1.29 is 0 Å². The molecule has 0 bridgehead atoms. The zero-order valence-electron chi connectivity index (χ0n) is 13.9. The van der Waals surface area contributed by atoms with Crippen LogP contribution in [0.4, 0.5) is 0 Å². The number of likely N-dealkylation sites (tertiary alicyclic amines) is 1. The van der Waals surface area contributed by atoms with E-state index in [-0.39, 0.29) is 5.41 Å². The number of hydrogen-bond donors (Lipinski definition) is 1. The highest BCUT2D eigenvalue weighted by molar-refractivity contribution is 5.29. The zero-order chi connectivity index (χ0) is 14.9. The highest BCUT2D eigenvalue weighted by atomic mass is 15.2. The van der Waals surface area contributed by atoms with Gasteiger partial charge < -0.3 is 10.2 Å². The van der Waals surface area contributed by atoms with Crippen molar-refractivity contribution >= 4 is 0 Å². The van der Waals surface area contributed by atoms with Gasteiger partial charge in [0, 0.05) is 24.7 Å². The van der Waals surface area contributed by atoms with E-state index in [9.17, 15) is 0 Å². The molecule has 1 aliphatic heterocycles. The Bertz CT molecular complexity index is 420. The molecule has 1 aromatic carbocycles. The summed E-state index contributed by atoms with van der Waals surface area (Å²) in [4.78, 5) is 2.44. The summed E-state index contributed by atoms with van der Waals surface area (Å²) in [5.41, 5.74) is 3.03. The van der Waals surface area contributed by atoms with E-state index in [0.29, 0.717) is 18.1 Å². The first-order chi connectivity index (χ1) is 9.27. The number of nitrogens with zero attached hydrogens (tertiary/aromatic N) is 1. The molecule has 1 fully saturated rings. The molecule has 20 heavy (non-hydrogen) atoms. The lowest BCUT2D eigenvalue weighted by atomic mass is 9.86. The van der Waals surface area contributed by atoms with Gasteiger partial charge >= 0.3 is 0 Å². The average molecular weight is 274 g/mol. The Hall–Kier alpha value is -0.860. The second kappa shape index (κ2) is 5.87. The van der Waals surface area contributed by atoms with Gasteiger partial charge in [-0.1, -0.05) is 45.0 Å². The molecule has 2 heteroatoms. The molecule has 1 heterocycles. The van der Waals surface area contributed by atoms with Crippen LogP contribution in [-0.2, 0) is 5.41 Å². The van der Waals surface area contributed by atoms with Crippen LogP contribution in [-0.4, -0.2) is 30.6 Å². The van der Waals surface area contributed by atoms with E-state index in [1.807, 2.05) is 0 Å². The van der Waals surface area contributed by atoms with Crippen molar-refractivity contribution in [3.05, 3.63) is 35.4 Å². The van der Waals surface area contributed by atoms with E-state index in [0.717, 1.165) is 6.54 Å². The first-order valence-corrected chi connectivity index (χ1v) is 7.84. The van der Waals surface area contributed by atoms with E-state index in [1.54, 1.807) is 0 Å². The van der Waals surface area contributed by atoms with E-state index in [1.165, 1.54) is 17.5 Å². The molecule has 112 valence electrons. The van der Waals surface area contributed by atoms with Gasteiger partial charge in [-0.05, 0) is 43.9 Å². The maximum atomic E-state index is 3.77. The van der Waals surface area contributed by atoms with Crippen LogP contribution in [0.1, 0.15) is 58.2 Å². The van der Waals surface area contributed by atoms with Crippen LogP contribution in [0.5, 0.6) is 0 Å². The van der Waals surface area contributed by atoms with Crippen LogP contribution in [0.3, 0.4) is 0 Å². The predicted octanol–water partition coefficient (Wildman–Crippen LogP) is 3.73. The van der Waals surface area contributed by atoms with Crippen LogP contribution in [0.15, 0.2) is 24.3 Å². The van der Waals surface area contributed by atoms with Gasteiger partial charge in [0.05, 0.1) is 0 Å². The maximum absolute atomic E-state index is 3.77. The maximum Gasteiger partial charge on any atom is 0.0294 e. The highest BCUT2D eigenvalue weighted by Gasteiger charge is 2.27. The summed E-state index contributed by atoms with van der Waals surface area (Å²) in [5.74, 6) is 0. The van der Waals surface area contributed by atoms with Gasteiger partial charge in [0.2, 0.25) is 0 Å². The molecule has 0 spiro atoms. The smallest absolute Gasteiger partial charge is 0.0294 e. The van der Waals surface area contributed by atoms with Crippen LogP contribution in [0.25, 0.3) is 0 Å². The minimum atomic E-state index is 0.235. The molecular formula is C18H30N2. The number of likely N-dealkylation sites (N-methyl/N-ethyl adjacent to an activating group) is 1. The van der Waals surface area contributed by atoms with Gasteiger partial charge in [-0.3, -0.25) is 0 Å². The molecule has 1 N–H and O–H groups in total. The Morgan fingerprint density at radius 3 is 2.25 bits per heavy atom. The van der Waals surface area contributed by atoms with E-state index >= 15 is 0 Å². The second-order valence-electron chi connectivity index (χ2n) is 7.48. The number of rotatable bonds is 3. The fraction of sp³-hybridized carbons (Fsp3) is 0.667. The molecule has 0 amide bonds. The molecular weight excluding hydrogens is 244 g/mol. The van der Waals surface area contributed by atoms with Crippen LogP contribution < -0.4 is 5.32 Å². The van der Waals surface area contributed by atoms with Crippen molar-refractivity contribution in [2.24, 2.45) is 0 Å². The predicted molar refractivity (Wildman–Crippen MR) is 87.2 cm³/mol. The highest BCUT2D eigenvalue weighted by Crippen LogP contribution is 2.25. The molecule has 1 saturated heterocycles. The Kier molecular flexibility index (Phi) is 4.55. The largest absolute Gasteiger partial charge is 0.306 e. The van der Waals surface area contributed by atoms with Crippen molar-refractivity contribution in [1.29, 1.82) is 0 Å². The lowest BCUT2D eigenvalue weighted by Gasteiger charge is -2.22. The van der Waals surface area contributed by atoms with Crippen molar-refractivity contribution in [2.75, 3.05) is 13.6 Å². The summed E-state index contributed by atoms with van der Waals surface area (Å²) in [6.45, 7) is 12.5. The standard InChI is InChI=1S/C18H30N2/c1-13-11-17(12-20(13)6)19-14(2)15-7-9-16(10-8-15)18(3,4)5/h7-10,13-14,17,19H,11-12H2,1-6H3. The minimum absolute atomic E-state index is 0.235. The molecule has 1 aromatic rings. The minimum Gasteiger partial charge on any atom is -0.306 e. The monoisotopic (exact) mass is 274 g/mol. The fourth-order valence-electron chi connectivity index (χ4n) is 3.04. The van der Waals surface area contributed by atoms with Gasteiger partial charge in [-0.2, -0.15) is 0 Å². The molecule has 0 aromatic heterocycles. The summed E-state index contributed by atoms with van der Waals surface area (Å²) in [6, 6.07) is 10.8. The number of nitrogens with one attached hydrogen (secondary N) is 1. The van der Waals surface area contributed by atoms with Crippen LogP contribution in [0.2, 0.25) is 0 Å². The van der Waals surface area contributed by atoms with Crippen molar-refractivity contribution in [3.8, 4) is 0 Å². The number of hydrogen-bond acceptors (Lipinski definition) is 2. The molecule has 0 saturated carbocycles. The SMILES string of the molecule is CC(NC1CC(C)N(C)C1)c1ccc(C(C)(C)C)cc1. The van der Waals surface area contributed by atoms with E-state index in [2.05, 4.69) is 76.1 Å². The Labute approximate surface area is 124 Å². The Morgan fingerprint density at radius 2 is 1.80 bits per heavy atom. The summed E-state index contributed by atoms with van der Waals surface area (Å²) in [7, 11) is 2.22. The molecule has 1 aliphatic rings. The summed E-state index contributed by atoms with van der Waals surface area (Å²) >= 11 is 0. The van der Waals surface area contributed by atoms with Gasteiger partial charge in [0.1, 0.15) is 0 Å². The molecule has 2 rings (SSSR count). The molecule has 0 radical (unpaired) electrons. The molecule has 0 aliphatic carbocycles. The van der Waals surface area contributed by atoms with Crippen LogP contribution >= 0.6 is 0 Å². The van der Waals surface area contributed by atoms with Gasteiger partial charge in [-0.25, -0.2) is 0 Å². The third-order valence-electron chi connectivity index (χ3n) is 4.65. The average Bonchev–Trinajstić information content (AvgIpc) is 2.67. The Balaban J connectivity index is 1.98. The molecule has 3 atom stereocenters. The first-order valence-electron chi connectivity index (χ1n) is 7.84. The van der Waals surface area contributed by atoms with Crippen molar-refractivity contribution in [2.45, 2.75) is 64.6 Å². The van der Waals surface area contributed by atoms with Gasteiger partial charge in [0.15, 0.2) is 0 Å². The lowest BCUT2D eigenvalue weighted by molar-refractivity contribution is 0.325. The summed E-state index contributed by atoms with van der Waals surface area (Å²) < 4.78 is 0. The normalized spacial score (nSPS) is 25.9. The molecule has 3 unspecified atom stereocenters. The van der Waals surface area contributed by atoms with E-state index in [4.69, 9.17) is 0 Å². The van der Waals surface area contributed by atoms with Gasteiger partial charge in [0.25, 0.3) is 0 Å². The quantitative estimate of drug-likeness (QED) is 0.903. The topological polar surface area (TPSA) is 15.3 Å². The third kappa shape index (κ3) is 3.62. The number of benzene rings is 1. The first kappa shape index (κ1) is 15.5. The molecule has 2 nitrogen and oxygen atoms in total. The summed E-state index contributed by atoms with van der Waals surface area (Å²) in [5, 5.41) is 3.77. The van der Waals surface area contributed by atoms with Gasteiger partial charge in [-0.15, -0.1) is 0 Å².